The van der Waals surface area contributed by atoms with E-state index in [0.29, 0.717) is 24.1 Å². The number of rotatable bonds is 38. The molecule has 0 rings (SSSR count). The molecule has 52 heavy (non-hydrogen) atoms. The lowest BCUT2D eigenvalue weighted by Crippen LogP contribution is -2.37. The average Bonchev–Trinajstić information content (AvgIpc) is 3.09. The highest BCUT2D eigenvalue weighted by molar-refractivity contribution is 7.47. The van der Waals surface area contributed by atoms with Gasteiger partial charge < -0.3 is 18.9 Å². The van der Waals surface area contributed by atoms with E-state index in [-0.39, 0.29) is 25.8 Å². The Morgan fingerprint density at radius 2 is 1.12 bits per heavy atom. The fourth-order valence-electron chi connectivity index (χ4n) is 5.42. The van der Waals surface area contributed by atoms with Crippen LogP contribution in [0.25, 0.3) is 0 Å². The van der Waals surface area contributed by atoms with E-state index in [4.69, 9.17) is 18.5 Å². The minimum absolute atomic E-state index is 0.0870. The molecule has 0 spiro atoms. The maximum absolute atomic E-state index is 12.6. The van der Waals surface area contributed by atoms with Crippen molar-refractivity contribution in [2.45, 2.75) is 168 Å². The number of likely N-dealkylation sites (N-methyl/N-ethyl adjacent to an activating group) is 1. The summed E-state index contributed by atoms with van der Waals surface area (Å²) >= 11 is 0. The molecule has 2 atom stereocenters. The molecule has 0 aromatic heterocycles. The highest BCUT2D eigenvalue weighted by Gasteiger charge is 2.26. The van der Waals surface area contributed by atoms with Crippen molar-refractivity contribution in [1.29, 1.82) is 0 Å². The molecule has 0 aromatic rings. The van der Waals surface area contributed by atoms with E-state index in [1.165, 1.54) is 83.5 Å². The largest absolute Gasteiger partial charge is 0.472 e. The number of carbonyl (C=O) groups excluding carboxylic acids is 1. The van der Waals surface area contributed by atoms with Gasteiger partial charge in [0.15, 0.2) is 0 Å². The Bertz CT molecular complexity index is 973. The van der Waals surface area contributed by atoms with Crippen LogP contribution in [0, 0.1) is 0 Å². The topological polar surface area (TPSA) is 91.3 Å². The van der Waals surface area contributed by atoms with Crippen molar-refractivity contribution < 1.29 is 37.3 Å². The SMILES string of the molecule is CC/C=C\C/C=C\C/C=C\C/C=C\CCCCCCCCCCCCC(=O)OC(COCCCCCCCCC)COP(=O)(O)OCC[N+](C)(C)C. The number of phosphoric ester groups is 1. The van der Waals surface area contributed by atoms with E-state index in [1.807, 2.05) is 21.1 Å². The molecule has 8 nitrogen and oxygen atoms in total. The molecule has 304 valence electrons. The number of esters is 1. The minimum Gasteiger partial charge on any atom is -0.457 e. The highest BCUT2D eigenvalue weighted by atomic mass is 31.2. The third kappa shape index (κ3) is 39.7. The first-order valence-corrected chi connectivity index (χ1v) is 22.4. The number of hydrogen-bond donors (Lipinski definition) is 1. The van der Waals surface area contributed by atoms with E-state index in [0.717, 1.165) is 57.8 Å². The summed E-state index contributed by atoms with van der Waals surface area (Å²) in [4.78, 5) is 22.8. The zero-order valence-electron chi connectivity index (χ0n) is 34.3. The van der Waals surface area contributed by atoms with E-state index in [1.54, 1.807) is 0 Å². The second kappa shape index (κ2) is 36.4. The first-order valence-electron chi connectivity index (χ1n) is 20.9. The third-order valence-electron chi connectivity index (χ3n) is 8.65. The third-order valence-corrected chi connectivity index (χ3v) is 9.64. The first kappa shape index (κ1) is 50.5. The van der Waals surface area contributed by atoms with Gasteiger partial charge in [0, 0.05) is 13.0 Å². The van der Waals surface area contributed by atoms with E-state index >= 15 is 0 Å². The summed E-state index contributed by atoms with van der Waals surface area (Å²) in [5, 5.41) is 0. The molecular formula is C43H81NO7P+. The fourth-order valence-corrected chi connectivity index (χ4v) is 6.17. The van der Waals surface area contributed by atoms with Gasteiger partial charge in [0.1, 0.15) is 19.3 Å². The van der Waals surface area contributed by atoms with Gasteiger partial charge in [0.25, 0.3) is 0 Å². The first-order chi connectivity index (χ1) is 25.1. The monoisotopic (exact) mass is 755 g/mol. The standard InChI is InChI=1S/C43H80NO7P/c1-6-8-10-12-14-15-16-17-18-19-20-21-22-23-24-25-26-27-28-29-30-32-34-36-43(45)51-42(40-48-38-35-33-31-13-11-9-7-2)41-50-52(46,47)49-39-37-44(3,4)5/h8,10,14-15,17-18,20-21,42H,6-7,9,11-13,16,19,22-41H2,1-5H3/p+1/b10-8-,15-14-,18-17-,21-20-. The maximum atomic E-state index is 12.6. The number of hydrogen-bond acceptors (Lipinski definition) is 6. The molecule has 0 bridgehead atoms. The van der Waals surface area contributed by atoms with E-state index in [9.17, 15) is 14.3 Å². The van der Waals surface area contributed by atoms with Crippen LogP contribution in [0.15, 0.2) is 48.6 Å². The van der Waals surface area contributed by atoms with Crippen molar-refractivity contribution in [3.63, 3.8) is 0 Å². The molecule has 9 heteroatoms. The maximum Gasteiger partial charge on any atom is 0.472 e. The average molecular weight is 755 g/mol. The molecule has 0 fully saturated rings. The van der Waals surface area contributed by atoms with Crippen molar-refractivity contribution >= 4 is 13.8 Å². The molecule has 0 radical (unpaired) electrons. The molecular weight excluding hydrogens is 673 g/mol. The van der Waals surface area contributed by atoms with Gasteiger partial charge in [-0.3, -0.25) is 13.8 Å². The van der Waals surface area contributed by atoms with Gasteiger partial charge in [-0.1, -0.05) is 152 Å². The number of carbonyl (C=O) groups is 1. The Hall–Kier alpha value is -1.54. The number of phosphoric acid groups is 1. The Morgan fingerprint density at radius 1 is 0.615 bits per heavy atom. The summed E-state index contributed by atoms with van der Waals surface area (Å²) in [7, 11) is 1.66. The van der Waals surface area contributed by atoms with Gasteiger partial charge in [0.2, 0.25) is 0 Å². The van der Waals surface area contributed by atoms with Crippen molar-refractivity contribution in [3.05, 3.63) is 48.6 Å². The van der Waals surface area contributed by atoms with Crippen LogP contribution in [-0.4, -0.2) is 75.6 Å². The zero-order valence-corrected chi connectivity index (χ0v) is 35.2. The quantitative estimate of drug-likeness (QED) is 0.0221. The van der Waals surface area contributed by atoms with Gasteiger partial charge in [-0.25, -0.2) is 4.57 Å². The molecule has 0 heterocycles. The molecule has 0 aliphatic rings. The molecule has 0 saturated carbocycles. The Balaban J connectivity index is 4.08. The molecule has 0 saturated heterocycles. The number of nitrogens with zero attached hydrogens (tertiary/aromatic N) is 1. The lowest BCUT2D eigenvalue weighted by Gasteiger charge is -2.24. The Morgan fingerprint density at radius 3 is 1.67 bits per heavy atom. The van der Waals surface area contributed by atoms with E-state index < -0.39 is 13.9 Å². The predicted octanol–water partition coefficient (Wildman–Crippen LogP) is 12.0. The van der Waals surface area contributed by atoms with Gasteiger partial charge >= 0.3 is 13.8 Å². The van der Waals surface area contributed by atoms with Crippen molar-refractivity contribution in [1.82, 2.24) is 0 Å². The second-order valence-electron chi connectivity index (χ2n) is 15.0. The molecule has 0 aliphatic heterocycles. The number of quaternary nitrogens is 1. The Kier molecular flexibility index (Phi) is 35.4. The number of unbranched alkanes of at least 4 members (excludes halogenated alkanes) is 16. The summed E-state index contributed by atoms with van der Waals surface area (Å²) in [5.74, 6) is -0.322. The summed E-state index contributed by atoms with van der Waals surface area (Å²) in [5.41, 5.74) is 0. The van der Waals surface area contributed by atoms with Crippen molar-refractivity contribution in [2.75, 3.05) is 54.1 Å². The molecule has 1 N–H and O–H groups in total. The summed E-state index contributed by atoms with van der Waals surface area (Å²) in [6, 6.07) is 0. The highest BCUT2D eigenvalue weighted by Crippen LogP contribution is 2.43. The zero-order chi connectivity index (χ0) is 38.4. The van der Waals surface area contributed by atoms with Crippen LogP contribution in [0.2, 0.25) is 0 Å². The molecule has 2 unspecified atom stereocenters. The van der Waals surface area contributed by atoms with Crippen LogP contribution in [0.4, 0.5) is 0 Å². The normalized spacial score (nSPS) is 14.3. The van der Waals surface area contributed by atoms with Crippen LogP contribution in [0.3, 0.4) is 0 Å². The predicted molar refractivity (Wildman–Crippen MR) is 219 cm³/mol. The summed E-state index contributed by atoms with van der Waals surface area (Å²) < 4.78 is 34.8. The summed E-state index contributed by atoms with van der Waals surface area (Å²) in [6.07, 6.45) is 43.0. The summed E-state index contributed by atoms with van der Waals surface area (Å²) in [6.45, 7) is 5.47. The van der Waals surface area contributed by atoms with Crippen LogP contribution in [0.1, 0.15) is 162 Å². The number of allylic oxidation sites excluding steroid dienone is 8. The van der Waals surface area contributed by atoms with Gasteiger partial charge in [-0.2, -0.15) is 0 Å². The van der Waals surface area contributed by atoms with Crippen LogP contribution >= 0.6 is 7.82 Å². The lowest BCUT2D eigenvalue weighted by molar-refractivity contribution is -0.870. The van der Waals surface area contributed by atoms with E-state index in [2.05, 4.69) is 62.5 Å². The van der Waals surface area contributed by atoms with Gasteiger partial charge in [-0.05, 0) is 51.4 Å². The minimum atomic E-state index is -4.26. The van der Waals surface area contributed by atoms with Gasteiger partial charge in [0.05, 0.1) is 34.4 Å². The Labute approximate surface area is 320 Å². The van der Waals surface area contributed by atoms with Crippen LogP contribution in [0.5, 0.6) is 0 Å². The van der Waals surface area contributed by atoms with Crippen molar-refractivity contribution in [3.8, 4) is 0 Å². The molecule has 0 aromatic carbocycles. The van der Waals surface area contributed by atoms with Gasteiger partial charge in [-0.15, -0.1) is 0 Å². The lowest BCUT2D eigenvalue weighted by atomic mass is 10.0. The van der Waals surface area contributed by atoms with Crippen molar-refractivity contribution in [2.24, 2.45) is 0 Å². The molecule has 0 amide bonds. The smallest absolute Gasteiger partial charge is 0.457 e. The fraction of sp³-hybridized carbons (Fsp3) is 0.791. The molecule has 0 aliphatic carbocycles. The van der Waals surface area contributed by atoms with Crippen LogP contribution in [-0.2, 0) is 27.9 Å². The second-order valence-corrected chi connectivity index (χ2v) is 16.4. The van der Waals surface area contributed by atoms with Crippen LogP contribution < -0.4 is 0 Å². The number of ether oxygens (including phenoxy) is 2.